The fraction of sp³-hybridized carbons (Fsp3) is 1.00. The second-order valence-electron chi connectivity index (χ2n) is 4.85. The molecule has 2 fully saturated rings. The lowest BCUT2D eigenvalue weighted by molar-refractivity contribution is 0.0874. The van der Waals surface area contributed by atoms with Gasteiger partial charge < -0.3 is 9.64 Å². The molecule has 88 valence electrons. The van der Waals surface area contributed by atoms with E-state index in [4.69, 9.17) is 4.74 Å². The first kappa shape index (κ1) is 11.4. The van der Waals surface area contributed by atoms with Gasteiger partial charge in [-0.3, -0.25) is 4.90 Å². The molecule has 3 heteroatoms. The Bertz CT molecular complexity index is 184. The number of hydrogen-bond donors (Lipinski definition) is 0. The van der Waals surface area contributed by atoms with Gasteiger partial charge in [0.05, 0.1) is 6.61 Å². The van der Waals surface area contributed by atoms with Gasteiger partial charge in [-0.05, 0) is 45.9 Å². The van der Waals surface area contributed by atoms with Gasteiger partial charge in [0, 0.05) is 18.7 Å². The molecule has 2 saturated heterocycles. The summed E-state index contributed by atoms with van der Waals surface area (Å²) in [5, 5.41) is 0. The number of likely N-dealkylation sites (N-methyl/N-ethyl adjacent to an activating group) is 1. The zero-order valence-corrected chi connectivity index (χ0v) is 10.1. The van der Waals surface area contributed by atoms with Crippen LogP contribution in [0.5, 0.6) is 0 Å². The Kier molecular flexibility index (Phi) is 4.00. The van der Waals surface area contributed by atoms with Crippen LogP contribution in [0.15, 0.2) is 0 Å². The van der Waals surface area contributed by atoms with Crippen LogP contribution in [-0.4, -0.2) is 61.8 Å². The molecule has 0 aliphatic carbocycles. The van der Waals surface area contributed by atoms with Gasteiger partial charge >= 0.3 is 0 Å². The van der Waals surface area contributed by atoms with Gasteiger partial charge in [-0.2, -0.15) is 0 Å². The molecule has 1 atom stereocenters. The largest absolute Gasteiger partial charge is 0.380 e. The van der Waals surface area contributed by atoms with Crippen molar-refractivity contribution in [3.05, 3.63) is 0 Å². The summed E-state index contributed by atoms with van der Waals surface area (Å²) in [6, 6.07) is 1.47. The smallest absolute Gasteiger partial charge is 0.0622 e. The van der Waals surface area contributed by atoms with Crippen LogP contribution in [0.4, 0.5) is 0 Å². The van der Waals surface area contributed by atoms with E-state index in [0.717, 1.165) is 19.3 Å². The third-order valence-corrected chi connectivity index (χ3v) is 4.06. The van der Waals surface area contributed by atoms with Gasteiger partial charge in [0.15, 0.2) is 0 Å². The lowest BCUT2D eigenvalue weighted by Crippen LogP contribution is -2.47. The standard InChI is InChI=1S/C12H24N2O/c1-3-14-7-4-11(5-8-14)13(2)12-6-9-15-10-12/h11-12H,3-10H2,1-2H3/t12-/m0/s1. The van der Waals surface area contributed by atoms with Crippen molar-refractivity contribution in [1.29, 1.82) is 0 Å². The molecule has 0 saturated carbocycles. The fourth-order valence-corrected chi connectivity index (χ4v) is 2.78. The molecular formula is C12H24N2O. The lowest BCUT2D eigenvalue weighted by Gasteiger charge is -2.38. The summed E-state index contributed by atoms with van der Waals surface area (Å²) in [6.45, 7) is 7.93. The van der Waals surface area contributed by atoms with Crippen LogP contribution in [0.3, 0.4) is 0 Å². The molecule has 0 aromatic heterocycles. The Balaban J connectivity index is 1.78. The zero-order chi connectivity index (χ0) is 10.7. The summed E-state index contributed by atoms with van der Waals surface area (Å²) >= 11 is 0. The zero-order valence-electron chi connectivity index (χ0n) is 10.1. The summed E-state index contributed by atoms with van der Waals surface area (Å²) in [5.74, 6) is 0. The van der Waals surface area contributed by atoms with E-state index in [-0.39, 0.29) is 0 Å². The number of likely N-dealkylation sites (tertiary alicyclic amines) is 1. The van der Waals surface area contributed by atoms with Crippen molar-refractivity contribution >= 4 is 0 Å². The Hall–Kier alpha value is -0.120. The highest BCUT2D eigenvalue weighted by Gasteiger charge is 2.28. The van der Waals surface area contributed by atoms with E-state index in [2.05, 4.69) is 23.8 Å². The number of ether oxygens (including phenoxy) is 1. The topological polar surface area (TPSA) is 15.7 Å². The Morgan fingerprint density at radius 2 is 1.93 bits per heavy atom. The molecule has 0 aromatic rings. The molecule has 2 aliphatic rings. The number of hydrogen-bond acceptors (Lipinski definition) is 3. The van der Waals surface area contributed by atoms with Crippen molar-refractivity contribution in [2.75, 3.05) is 39.9 Å². The summed E-state index contributed by atoms with van der Waals surface area (Å²) in [6.07, 6.45) is 3.90. The molecule has 0 bridgehead atoms. The molecular weight excluding hydrogens is 188 g/mol. The highest BCUT2D eigenvalue weighted by Crippen LogP contribution is 2.20. The van der Waals surface area contributed by atoms with Crippen molar-refractivity contribution in [1.82, 2.24) is 9.80 Å². The van der Waals surface area contributed by atoms with Crippen LogP contribution < -0.4 is 0 Å². The van der Waals surface area contributed by atoms with E-state index in [1.54, 1.807) is 0 Å². The van der Waals surface area contributed by atoms with Crippen LogP contribution >= 0.6 is 0 Å². The SMILES string of the molecule is CCN1CCC(N(C)[C@H]2CCOC2)CC1. The number of rotatable bonds is 3. The maximum atomic E-state index is 5.46. The minimum absolute atomic E-state index is 0.683. The van der Waals surface area contributed by atoms with Crippen molar-refractivity contribution < 1.29 is 4.74 Å². The molecule has 2 heterocycles. The minimum atomic E-state index is 0.683. The summed E-state index contributed by atoms with van der Waals surface area (Å²) in [5.41, 5.74) is 0. The lowest BCUT2D eigenvalue weighted by atomic mass is 10.0. The predicted molar refractivity (Wildman–Crippen MR) is 62.1 cm³/mol. The molecule has 2 aliphatic heterocycles. The molecule has 15 heavy (non-hydrogen) atoms. The van der Waals surface area contributed by atoms with Gasteiger partial charge in [0.25, 0.3) is 0 Å². The van der Waals surface area contributed by atoms with Gasteiger partial charge in [-0.25, -0.2) is 0 Å². The molecule has 0 spiro atoms. The molecule has 0 amide bonds. The Morgan fingerprint density at radius 1 is 1.20 bits per heavy atom. The molecule has 2 rings (SSSR count). The van der Waals surface area contributed by atoms with E-state index in [0.29, 0.717) is 6.04 Å². The number of nitrogens with zero attached hydrogens (tertiary/aromatic N) is 2. The monoisotopic (exact) mass is 212 g/mol. The predicted octanol–water partition coefficient (Wildman–Crippen LogP) is 1.19. The quantitative estimate of drug-likeness (QED) is 0.699. The first-order chi connectivity index (χ1) is 7.31. The molecule has 3 nitrogen and oxygen atoms in total. The first-order valence-corrected chi connectivity index (χ1v) is 6.33. The average molecular weight is 212 g/mol. The van der Waals surface area contributed by atoms with E-state index < -0.39 is 0 Å². The van der Waals surface area contributed by atoms with Crippen molar-refractivity contribution in [2.45, 2.75) is 38.3 Å². The Labute approximate surface area is 93.4 Å². The maximum Gasteiger partial charge on any atom is 0.0622 e. The maximum absolute atomic E-state index is 5.46. The highest BCUT2D eigenvalue weighted by molar-refractivity contribution is 4.83. The van der Waals surface area contributed by atoms with Crippen LogP contribution in [-0.2, 0) is 4.74 Å². The fourth-order valence-electron chi connectivity index (χ4n) is 2.78. The van der Waals surface area contributed by atoms with Crippen LogP contribution in [0.2, 0.25) is 0 Å². The van der Waals surface area contributed by atoms with Crippen molar-refractivity contribution in [3.8, 4) is 0 Å². The van der Waals surface area contributed by atoms with E-state index in [1.807, 2.05) is 0 Å². The van der Waals surface area contributed by atoms with Crippen molar-refractivity contribution in [2.24, 2.45) is 0 Å². The van der Waals surface area contributed by atoms with Crippen LogP contribution in [0.1, 0.15) is 26.2 Å². The van der Waals surface area contributed by atoms with Gasteiger partial charge in [-0.15, -0.1) is 0 Å². The summed E-state index contributed by atoms with van der Waals surface area (Å²) in [4.78, 5) is 5.12. The third kappa shape index (κ3) is 2.71. The van der Waals surface area contributed by atoms with Gasteiger partial charge in [-0.1, -0.05) is 6.92 Å². The normalized spacial score (nSPS) is 30.2. The summed E-state index contributed by atoms with van der Waals surface area (Å²) in [7, 11) is 2.28. The molecule has 0 aromatic carbocycles. The third-order valence-electron chi connectivity index (χ3n) is 4.06. The minimum Gasteiger partial charge on any atom is -0.380 e. The van der Waals surface area contributed by atoms with Gasteiger partial charge in [0.2, 0.25) is 0 Å². The van der Waals surface area contributed by atoms with Crippen LogP contribution in [0.25, 0.3) is 0 Å². The van der Waals surface area contributed by atoms with E-state index >= 15 is 0 Å². The van der Waals surface area contributed by atoms with E-state index in [1.165, 1.54) is 38.9 Å². The second kappa shape index (κ2) is 5.28. The first-order valence-electron chi connectivity index (χ1n) is 6.33. The highest BCUT2D eigenvalue weighted by atomic mass is 16.5. The summed E-state index contributed by atoms with van der Waals surface area (Å²) < 4.78 is 5.46. The van der Waals surface area contributed by atoms with Gasteiger partial charge in [0.1, 0.15) is 0 Å². The van der Waals surface area contributed by atoms with E-state index in [9.17, 15) is 0 Å². The molecule has 0 N–H and O–H groups in total. The average Bonchev–Trinajstić information content (AvgIpc) is 2.82. The Morgan fingerprint density at radius 3 is 2.47 bits per heavy atom. The van der Waals surface area contributed by atoms with Crippen molar-refractivity contribution in [3.63, 3.8) is 0 Å². The molecule has 0 radical (unpaired) electrons. The van der Waals surface area contributed by atoms with Crippen LogP contribution in [0, 0.1) is 0 Å². The number of piperidine rings is 1. The molecule has 0 unspecified atom stereocenters. The second-order valence-corrected chi connectivity index (χ2v) is 4.85.